The van der Waals surface area contributed by atoms with E-state index in [4.69, 9.17) is 0 Å². The van der Waals surface area contributed by atoms with Crippen molar-refractivity contribution in [2.75, 3.05) is 11.9 Å². The number of amides is 1. The Labute approximate surface area is 166 Å². The first-order valence-electron chi connectivity index (χ1n) is 8.36. The number of nitrogens with zero attached hydrogens (tertiary/aromatic N) is 1. The van der Waals surface area contributed by atoms with Crippen LogP contribution in [-0.2, 0) is 10.0 Å². The highest BCUT2D eigenvalue weighted by atomic mass is 32.2. The second-order valence-corrected chi connectivity index (χ2v) is 8.81. The second-order valence-electron chi connectivity index (χ2n) is 7.13. The van der Waals surface area contributed by atoms with E-state index in [0.717, 1.165) is 12.3 Å². The molecule has 1 aromatic carbocycles. The van der Waals surface area contributed by atoms with Crippen molar-refractivity contribution < 1.29 is 31.1 Å². The minimum atomic E-state index is -4.50. The summed E-state index contributed by atoms with van der Waals surface area (Å²) in [5.74, 6) is -0.890. The highest BCUT2D eigenvalue weighted by Crippen LogP contribution is 2.19. The van der Waals surface area contributed by atoms with Gasteiger partial charge in [0.15, 0.2) is 6.61 Å². The third-order valence-corrected chi connectivity index (χ3v) is 4.98. The van der Waals surface area contributed by atoms with Gasteiger partial charge in [0.1, 0.15) is 0 Å². The van der Waals surface area contributed by atoms with Crippen molar-refractivity contribution in [1.82, 2.24) is 9.71 Å². The summed E-state index contributed by atoms with van der Waals surface area (Å²) in [6.45, 7) is 3.61. The molecule has 0 fully saturated rings. The number of carbonyl (C=O) groups is 1. The van der Waals surface area contributed by atoms with E-state index in [1.165, 1.54) is 30.3 Å². The van der Waals surface area contributed by atoms with Crippen molar-refractivity contribution in [2.45, 2.75) is 37.4 Å². The molecule has 2 aromatic rings. The molecule has 0 radical (unpaired) electrons. The van der Waals surface area contributed by atoms with Crippen molar-refractivity contribution in [3.8, 4) is 5.88 Å². The molecule has 1 amide bonds. The number of nitrogens with one attached hydrogen (secondary N) is 2. The number of benzene rings is 1. The fourth-order valence-electron chi connectivity index (χ4n) is 2.16. The molecule has 2 N–H and O–H groups in total. The quantitative estimate of drug-likeness (QED) is 0.731. The van der Waals surface area contributed by atoms with Crippen LogP contribution in [0.25, 0.3) is 0 Å². The largest absolute Gasteiger partial charge is 0.468 e. The van der Waals surface area contributed by atoms with E-state index in [9.17, 15) is 26.4 Å². The predicted molar refractivity (Wildman–Crippen MR) is 100 cm³/mol. The number of alkyl halides is 3. The Morgan fingerprint density at radius 2 is 1.83 bits per heavy atom. The van der Waals surface area contributed by atoms with Gasteiger partial charge < -0.3 is 10.1 Å². The van der Waals surface area contributed by atoms with E-state index >= 15 is 0 Å². The lowest BCUT2D eigenvalue weighted by Crippen LogP contribution is -2.40. The summed E-state index contributed by atoms with van der Waals surface area (Å²) in [6.07, 6.45) is -3.44. The average molecular weight is 431 g/mol. The van der Waals surface area contributed by atoms with Crippen LogP contribution in [0.5, 0.6) is 5.88 Å². The highest BCUT2D eigenvalue weighted by Gasteiger charge is 2.28. The van der Waals surface area contributed by atoms with E-state index in [1.807, 2.05) is 0 Å². The Kier molecular flexibility index (Phi) is 6.53. The molecule has 1 aromatic heterocycles. The van der Waals surface area contributed by atoms with E-state index < -0.39 is 34.3 Å². The fraction of sp³-hybridized carbons (Fsp3) is 0.333. The number of hydrogen-bond donors (Lipinski definition) is 2. The van der Waals surface area contributed by atoms with Gasteiger partial charge in [-0.15, -0.1) is 0 Å². The average Bonchev–Trinajstić information content (AvgIpc) is 2.58. The first-order chi connectivity index (χ1) is 13.3. The summed E-state index contributed by atoms with van der Waals surface area (Å²) in [5.41, 5.74) is -0.394. The zero-order valence-corrected chi connectivity index (χ0v) is 16.7. The fourth-order valence-corrected chi connectivity index (χ4v) is 3.63. The zero-order valence-electron chi connectivity index (χ0n) is 15.9. The smallest absolute Gasteiger partial charge is 0.422 e. The second kappa shape index (κ2) is 8.37. The number of hydrogen-bond acceptors (Lipinski definition) is 5. The third-order valence-electron chi connectivity index (χ3n) is 3.23. The van der Waals surface area contributed by atoms with Gasteiger partial charge in [0, 0.05) is 23.5 Å². The Balaban J connectivity index is 2.09. The molecular formula is C18H20F3N3O4S. The van der Waals surface area contributed by atoms with Crippen LogP contribution in [-0.4, -0.2) is 37.6 Å². The van der Waals surface area contributed by atoms with Gasteiger partial charge in [-0.05, 0) is 45.0 Å². The molecule has 11 heteroatoms. The number of sulfonamides is 1. The van der Waals surface area contributed by atoms with E-state index in [-0.39, 0.29) is 22.0 Å². The highest BCUT2D eigenvalue weighted by molar-refractivity contribution is 7.89. The van der Waals surface area contributed by atoms with Gasteiger partial charge in [0.2, 0.25) is 15.9 Å². The number of halogens is 3. The van der Waals surface area contributed by atoms with E-state index in [2.05, 4.69) is 19.8 Å². The van der Waals surface area contributed by atoms with Crippen molar-refractivity contribution in [3.05, 3.63) is 48.2 Å². The predicted octanol–water partition coefficient (Wildman–Crippen LogP) is 3.35. The zero-order chi connectivity index (χ0) is 21.9. The van der Waals surface area contributed by atoms with E-state index in [0.29, 0.717) is 0 Å². The van der Waals surface area contributed by atoms with Gasteiger partial charge in [-0.2, -0.15) is 13.2 Å². The number of carbonyl (C=O) groups excluding carboxylic acids is 1. The maximum absolute atomic E-state index is 12.4. The number of rotatable bonds is 6. The number of pyridine rings is 1. The van der Waals surface area contributed by atoms with Crippen LogP contribution in [0.4, 0.5) is 18.9 Å². The number of anilines is 1. The summed E-state index contributed by atoms with van der Waals surface area (Å²) in [4.78, 5) is 15.9. The minimum absolute atomic E-state index is 0.0285. The Bertz CT molecular complexity index is 969. The normalized spacial score (nSPS) is 12.5. The van der Waals surface area contributed by atoms with Crippen LogP contribution in [0.15, 0.2) is 47.5 Å². The lowest BCUT2D eigenvalue weighted by Gasteiger charge is -2.20. The SMILES string of the molecule is CC(C)(C)NS(=O)(=O)c1cccc(NC(=O)c2ccc(OCC(F)(F)F)nc2)c1. The van der Waals surface area contributed by atoms with Crippen LogP contribution < -0.4 is 14.8 Å². The first kappa shape index (κ1) is 22.6. The molecule has 0 aliphatic rings. The number of ether oxygens (including phenoxy) is 1. The van der Waals surface area contributed by atoms with Crippen LogP contribution in [0.3, 0.4) is 0 Å². The summed E-state index contributed by atoms with van der Waals surface area (Å²) in [5, 5.41) is 2.52. The van der Waals surface area contributed by atoms with Crippen molar-refractivity contribution in [1.29, 1.82) is 0 Å². The Hall–Kier alpha value is -2.66. The van der Waals surface area contributed by atoms with Crippen LogP contribution in [0.2, 0.25) is 0 Å². The lowest BCUT2D eigenvalue weighted by atomic mass is 10.1. The summed E-state index contributed by atoms with van der Waals surface area (Å²) >= 11 is 0. The maximum Gasteiger partial charge on any atom is 0.422 e. The van der Waals surface area contributed by atoms with Crippen LogP contribution in [0.1, 0.15) is 31.1 Å². The molecule has 0 spiro atoms. The van der Waals surface area contributed by atoms with Gasteiger partial charge in [-0.3, -0.25) is 4.79 Å². The van der Waals surface area contributed by atoms with Crippen molar-refractivity contribution in [3.63, 3.8) is 0 Å². The molecule has 2 rings (SSSR count). The van der Waals surface area contributed by atoms with Gasteiger partial charge >= 0.3 is 6.18 Å². The van der Waals surface area contributed by atoms with Gasteiger partial charge in [0.25, 0.3) is 5.91 Å². The summed E-state index contributed by atoms with van der Waals surface area (Å²) < 4.78 is 68.2. The first-order valence-corrected chi connectivity index (χ1v) is 9.84. The molecule has 0 saturated heterocycles. The molecule has 158 valence electrons. The third kappa shape index (κ3) is 7.35. The Morgan fingerprint density at radius 3 is 2.38 bits per heavy atom. The van der Waals surface area contributed by atoms with Crippen LogP contribution >= 0.6 is 0 Å². The lowest BCUT2D eigenvalue weighted by molar-refractivity contribution is -0.154. The van der Waals surface area contributed by atoms with Gasteiger partial charge in [-0.25, -0.2) is 18.1 Å². The summed E-state index contributed by atoms with van der Waals surface area (Å²) in [7, 11) is -3.79. The van der Waals surface area contributed by atoms with E-state index in [1.54, 1.807) is 20.8 Å². The molecule has 29 heavy (non-hydrogen) atoms. The molecule has 0 aliphatic heterocycles. The molecule has 0 unspecified atom stereocenters. The summed E-state index contributed by atoms with van der Waals surface area (Å²) in [6, 6.07) is 8.03. The minimum Gasteiger partial charge on any atom is -0.468 e. The van der Waals surface area contributed by atoms with Gasteiger partial charge in [0.05, 0.1) is 10.5 Å². The topological polar surface area (TPSA) is 97.4 Å². The Morgan fingerprint density at radius 1 is 1.14 bits per heavy atom. The van der Waals surface area contributed by atoms with Gasteiger partial charge in [-0.1, -0.05) is 6.07 Å². The van der Waals surface area contributed by atoms with Crippen molar-refractivity contribution >= 4 is 21.6 Å². The molecule has 0 aliphatic carbocycles. The standard InChI is InChI=1S/C18H20F3N3O4S/c1-17(2,3)24-29(26,27)14-6-4-5-13(9-14)23-16(25)12-7-8-15(22-10-12)28-11-18(19,20)21/h4-10,24H,11H2,1-3H3,(H,23,25). The molecule has 0 saturated carbocycles. The molecule has 0 atom stereocenters. The molecule has 7 nitrogen and oxygen atoms in total. The monoisotopic (exact) mass is 431 g/mol. The van der Waals surface area contributed by atoms with Crippen LogP contribution in [0, 0.1) is 0 Å². The molecule has 1 heterocycles. The molecular weight excluding hydrogens is 411 g/mol. The van der Waals surface area contributed by atoms with Crippen molar-refractivity contribution in [2.24, 2.45) is 0 Å². The maximum atomic E-state index is 12.4. The number of aromatic nitrogens is 1. The molecule has 0 bridgehead atoms.